The van der Waals surface area contributed by atoms with Crippen molar-refractivity contribution in [3.05, 3.63) is 17.3 Å². The van der Waals surface area contributed by atoms with Crippen LogP contribution < -0.4 is 10.5 Å². The van der Waals surface area contributed by atoms with Crippen LogP contribution in [-0.2, 0) is 0 Å². The summed E-state index contributed by atoms with van der Waals surface area (Å²) in [6, 6.07) is 3.27. The van der Waals surface area contributed by atoms with Crippen molar-refractivity contribution in [3.8, 4) is 5.88 Å². The molecular weight excluding hydrogens is 212 g/mol. The highest BCUT2D eigenvalue weighted by Gasteiger charge is 2.10. The molecule has 84 valence electrons. The summed E-state index contributed by atoms with van der Waals surface area (Å²) in [4.78, 5) is 4.02. The summed E-state index contributed by atoms with van der Waals surface area (Å²) in [6.45, 7) is 7.11. The Morgan fingerprint density at radius 1 is 1.40 bits per heavy atom. The first-order chi connectivity index (χ1) is 6.87. The van der Waals surface area contributed by atoms with Crippen LogP contribution in [0.5, 0.6) is 5.88 Å². The maximum Gasteiger partial charge on any atom is 0.216 e. The normalized spacial score (nSPS) is 11.5. The number of pyridine rings is 1. The molecule has 2 N–H and O–H groups in total. The molecule has 0 bridgehead atoms. The van der Waals surface area contributed by atoms with Crippen LogP contribution >= 0.6 is 11.6 Å². The van der Waals surface area contributed by atoms with E-state index in [4.69, 9.17) is 22.1 Å². The van der Waals surface area contributed by atoms with Crippen molar-refractivity contribution in [1.82, 2.24) is 4.98 Å². The number of hydrogen-bond donors (Lipinski definition) is 1. The molecule has 0 fully saturated rings. The number of hydrogen-bond acceptors (Lipinski definition) is 3. The van der Waals surface area contributed by atoms with Crippen molar-refractivity contribution in [2.75, 3.05) is 12.3 Å². The molecule has 1 heterocycles. The van der Waals surface area contributed by atoms with E-state index in [1.54, 1.807) is 12.1 Å². The maximum absolute atomic E-state index is 5.75. The monoisotopic (exact) mass is 228 g/mol. The van der Waals surface area contributed by atoms with Gasteiger partial charge in [0.25, 0.3) is 0 Å². The highest BCUT2D eigenvalue weighted by Crippen LogP contribution is 2.21. The number of aromatic nitrogens is 1. The first-order valence-electron chi connectivity index (χ1n) is 4.93. The van der Waals surface area contributed by atoms with E-state index in [-0.39, 0.29) is 5.41 Å². The molecule has 0 spiro atoms. The Kier molecular flexibility index (Phi) is 3.80. The molecule has 0 radical (unpaired) electrons. The number of halogens is 1. The minimum Gasteiger partial charge on any atom is -0.478 e. The summed E-state index contributed by atoms with van der Waals surface area (Å²) >= 11 is 5.75. The van der Waals surface area contributed by atoms with E-state index in [1.807, 2.05) is 0 Å². The van der Waals surface area contributed by atoms with Gasteiger partial charge >= 0.3 is 0 Å². The molecule has 4 heteroatoms. The van der Waals surface area contributed by atoms with Gasteiger partial charge in [0.2, 0.25) is 5.88 Å². The Morgan fingerprint density at radius 2 is 2.07 bits per heavy atom. The van der Waals surface area contributed by atoms with Crippen LogP contribution in [0.3, 0.4) is 0 Å². The summed E-state index contributed by atoms with van der Waals surface area (Å²) in [7, 11) is 0. The molecule has 3 nitrogen and oxygen atoms in total. The van der Waals surface area contributed by atoms with Gasteiger partial charge in [-0.15, -0.1) is 0 Å². The third-order valence-corrected chi connectivity index (χ3v) is 2.09. The van der Waals surface area contributed by atoms with Crippen molar-refractivity contribution in [3.63, 3.8) is 0 Å². The second-order valence-electron chi connectivity index (χ2n) is 4.72. The van der Waals surface area contributed by atoms with Gasteiger partial charge < -0.3 is 10.5 Å². The van der Waals surface area contributed by atoms with Crippen molar-refractivity contribution < 1.29 is 4.74 Å². The molecule has 1 aromatic rings. The third-order valence-electron chi connectivity index (χ3n) is 1.89. The van der Waals surface area contributed by atoms with Crippen LogP contribution in [-0.4, -0.2) is 11.6 Å². The fraction of sp³-hybridized carbons (Fsp3) is 0.545. The van der Waals surface area contributed by atoms with Crippen LogP contribution in [0.2, 0.25) is 5.15 Å². The minimum atomic E-state index is 0.254. The van der Waals surface area contributed by atoms with Crippen molar-refractivity contribution in [1.29, 1.82) is 0 Å². The second kappa shape index (κ2) is 4.71. The third kappa shape index (κ3) is 4.88. The lowest BCUT2D eigenvalue weighted by atomic mass is 9.93. The van der Waals surface area contributed by atoms with Crippen molar-refractivity contribution in [2.24, 2.45) is 5.41 Å². The Labute approximate surface area is 95.6 Å². The lowest BCUT2D eigenvalue weighted by molar-refractivity contribution is 0.236. The lowest BCUT2D eigenvalue weighted by Gasteiger charge is -2.17. The van der Waals surface area contributed by atoms with Gasteiger partial charge in [0.15, 0.2) is 0 Å². The Morgan fingerprint density at radius 3 is 2.60 bits per heavy atom. The van der Waals surface area contributed by atoms with Gasteiger partial charge in [-0.2, -0.15) is 0 Å². The highest BCUT2D eigenvalue weighted by atomic mass is 35.5. The van der Waals surface area contributed by atoms with Gasteiger partial charge in [0.1, 0.15) is 5.15 Å². The number of nitrogens with two attached hydrogens (primary N) is 1. The summed E-state index contributed by atoms with van der Waals surface area (Å²) in [5.74, 6) is 0.490. The van der Waals surface area contributed by atoms with Gasteiger partial charge in [-0.25, -0.2) is 4.98 Å². The van der Waals surface area contributed by atoms with Crippen LogP contribution in [0.15, 0.2) is 12.1 Å². The quantitative estimate of drug-likeness (QED) is 0.809. The summed E-state index contributed by atoms with van der Waals surface area (Å²) in [5, 5.41) is 0.362. The number of ether oxygens (including phenoxy) is 1. The van der Waals surface area contributed by atoms with E-state index in [2.05, 4.69) is 25.8 Å². The van der Waals surface area contributed by atoms with Crippen LogP contribution in [0.25, 0.3) is 0 Å². The predicted molar refractivity (Wildman–Crippen MR) is 63.2 cm³/mol. The molecule has 0 aliphatic heterocycles. The molecule has 0 saturated heterocycles. The van der Waals surface area contributed by atoms with E-state index >= 15 is 0 Å². The van der Waals surface area contributed by atoms with E-state index < -0.39 is 0 Å². The molecule has 0 amide bonds. The SMILES string of the molecule is CC(C)(C)CCOc1cc(N)cc(Cl)n1. The van der Waals surface area contributed by atoms with E-state index in [0.29, 0.717) is 23.3 Å². The van der Waals surface area contributed by atoms with Crippen LogP contribution in [0.4, 0.5) is 5.69 Å². The molecule has 0 atom stereocenters. The van der Waals surface area contributed by atoms with E-state index in [9.17, 15) is 0 Å². The fourth-order valence-electron chi connectivity index (χ4n) is 1.03. The molecule has 0 aromatic carbocycles. The topological polar surface area (TPSA) is 48.1 Å². The largest absolute Gasteiger partial charge is 0.478 e. The molecule has 1 rings (SSSR count). The van der Waals surface area contributed by atoms with E-state index in [0.717, 1.165) is 6.42 Å². The maximum atomic E-state index is 5.75. The molecule has 1 aromatic heterocycles. The summed E-state index contributed by atoms with van der Waals surface area (Å²) < 4.78 is 5.47. The van der Waals surface area contributed by atoms with Gasteiger partial charge in [-0.3, -0.25) is 0 Å². The number of nitrogen functional groups attached to an aromatic ring is 1. The fourth-order valence-corrected chi connectivity index (χ4v) is 1.24. The molecule has 0 unspecified atom stereocenters. The lowest BCUT2D eigenvalue weighted by Crippen LogP contribution is -2.11. The summed E-state index contributed by atoms with van der Waals surface area (Å²) in [6.07, 6.45) is 0.959. The van der Waals surface area contributed by atoms with Gasteiger partial charge in [-0.05, 0) is 17.9 Å². The average Bonchev–Trinajstić information content (AvgIpc) is 1.99. The first kappa shape index (κ1) is 12.1. The van der Waals surface area contributed by atoms with Gasteiger partial charge in [0.05, 0.1) is 6.61 Å². The van der Waals surface area contributed by atoms with Crippen LogP contribution in [0, 0.1) is 5.41 Å². The number of rotatable bonds is 3. The standard InChI is InChI=1S/C11H17ClN2O/c1-11(2,3)4-5-15-10-7-8(13)6-9(12)14-10/h6-7H,4-5H2,1-3H3,(H2,13,14). The Hall–Kier alpha value is -0.960. The molecule has 15 heavy (non-hydrogen) atoms. The minimum absolute atomic E-state index is 0.254. The van der Waals surface area contributed by atoms with Crippen LogP contribution in [0.1, 0.15) is 27.2 Å². The Bertz CT molecular complexity index is 314. The van der Waals surface area contributed by atoms with Crippen molar-refractivity contribution in [2.45, 2.75) is 27.2 Å². The molecule has 0 aliphatic carbocycles. The zero-order valence-corrected chi connectivity index (χ0v) is 10.1. The molecular formula is C11H17ClN2O. The smallest absolute Gasteiger partial charge is 0.216 e. The second-order valence-corrected chi connectivity index (χ2v) is 5.11. The first-order valence-corrected chi connectivity index (χ1v) is 5.30. The number of anilines is 1. The van der Waals surface area contributed by atoms with Gasteiger partial charge in [0, 0.05) is 11.8 Å². The zero-order chi connectivity index (χ0) is 11.5. The molecule has 0 aliphatic rings. The summed E-state index contributed by atoms with van der Waals surface area (Å²) in [5.41, 5.74) is 6.44. The number of nitrogens with zero attached hydrogens (tertiary/aromatic N) is 1. The zero-order valence-electron chi connectivity index (χ0n) is 9.38. The van der Waals surface area contributed by atoms with E-state index in [1.165, 1.54) is 0 Å². The average molecular weight is 229 g/mol. The van der Waals surface area contributed by atoms with Gasteiger partial charge in [-0.1, -0.05) is 32.4 Å². The van der Waals surface area contributed by atoms with Crippen molar-refractivity contribution >= 4 is 17.3 Å². The predicted octanol–water partition coefficient (Wildman–Crippen LogP) is 3.13. The molecule has 0 saturated carbocycles. The highest BCUT2D eigenvalue weighted by molar-refractivity contribution is 6.29. The Balaban J connectivity index is 2.51.